The van der Waals surface area contributed by atoms with Crippen molar-refractivity contribution < 1.29 is 19.2 Å². The zero-order valence-corrected chi connectivity index (χ0v) is 17.0. The standard InChI is InChI=1S/C17H28ClNO4Si/c1-7-10-22-19-11-13(16(2,3)4)14(12-20)17(19,23-24(5)6)9-8-15(18)21/h7-9,13,15,21,24H,1,10-11H2,2-6H3/t13-,15?,17-/m0/s1. The van der Waals surface area contributed by atoms with Crippen LogP contribution in [0.15, 0.2) is 30.4 Å². The van der Waals surface area contributed by atoms with Gasteiger partial charge in [0.25, 0.3) is 0 Å². The summed E-state index contributed by atoms with van der Waals surface area (Å²) in [5.74, 6) is 1.98. The van der Waals surface area contributed by atoms with Gasteiger partial charge in [-0.15, -0.1) is 11.6 Å². The predicted molar refractivity (Wildman–Crippen MR) is 98.7 cm³/mol. The van der Waals surface area contributed by atoms with Gasteiger partial charge in [-0.05, 0) is 30.7 Å². The average Bonchev–Trinajstić information content (AvgIpc) is 2.76. The summed E-state index contributed by atoms with van der Waals surface area (Å²) in [4.78, 5) is 17.7. The maximum absolute atomic E-state index is 11.9. The number of hydrogen-bond acceptors (Lipinski definition) is 5. The molecule has 0 aromatic rings. The molecule has 0 amide bonds. The molecule has 0 aliphatic carbocycles. The van der Waals surface area contributed by atoms with E-state index >= 15 is 0 Å². The quantitative estimate of drug-likeness (QED) is 0.322. The normalized spacial score (nSPS) is 27.0. The van der Waals surface area contributed by atoms with Gasteiger partial charge < -0.3 is 9.53 Å². The van der Waals surface area contributed by atoms with Crippen LogP contribution >= 0.6 is 11.6 Å². The van der Waals surface area contributed by atoms with Gasteiger partial charge in [-0.1, -0.05) is 38.4 Å². The Balaban J connectivity index is 3.47. The highest BCUT2D eigenvalue weighted by Gasteiger charge is 2.55. The van der Waals surface area contributed by atoms with E-state index in [-0.39, 0.29) is 17.9 Å². The molecule has 0 bridgehead atoms. The summed E-state index contributed by atoms with van der Waals surface area (Å²) in [5, 5.41) is 11.1. The number of aliphatic hydroxyl groups excluding tert-OH is 1. The molecule has 3 atom stereocenters. The van der Waals surface area contributed by atoms with Gasteiger partial charge in [0.15, 0.2) is 14.8 Å². The molecule has 136 valence electrons. The molecule has 0 saturated carbocycles. The van der Waals surface area contributed by atoms with E-state index in [9.17, 15) is 9.90 Å². The number of rotatable bonds is 7. The van der Waals surface area contributed by atoms with Crippen molar-refractivity contribution in [3.63, 3.8) is 0 Å². The second-order valence-corrected chi connectivity index (χ2v) is 9.96. The lowest BCUT2D eigenvalue weighted by atomic mass is 9.76. The Hall–Kier alpha value is -0.723. The molecule has 0 aromatic heterocycles. The largest absolute Gasteiger partial charge is 0.394 e. The third kappa shape index (κ3) is 4.89. The molecule has 1 aliphatic rings. The predicted octanol–water partition coefficient (Wildman–Crippen LogP) is 2.65. The summed E-state index contributed by atoms with van der Waals surface area (Å²) in [7, 11) is -1.58. The molecule has 1 unspecified atom stereocenters. The van der Waals surface area contributed by atoms with Crippen molar-refractivity contribution in [1.29, 1.82) is 0 Å². The van der Waals surface area contributed by atoms with Crippen LogP contribution in [0.3, 0.4) is 0 Å². The monoisotopic (exact) mass is 373 g/mol. The maximum atomic E-state index is 11.9. The molecule has 1 rings (SSSR count). The Morgan fingerprint density at radius 3 is 2.62 bits per heavy atom. The van der Waals surface area contributed by atoms with Crippen LogP contribution < -0.4 is 0 Å². The van der Waals surface area contributed by atoms with Crippen LogP contribution in [-0.2, 0) is 14.1 Å². The van der Waals surface area contributed by atoms with E-state index in [1.807, 2.05) is 13.1 Å². The van der Waals surface area contributed by atoms with E-state index in [1.54, 1.807) is 17.2 Å². The first-order valence-electron chi connectivity index (χ1n) is 8.04. The van der Waals surface area contributed by atoms with Crippen molar-refractivity contribution in [2.24, 2.45) is 11.3 Å². The molecular formula is C17H28ClNO4Si. The SMILES string of the molecule is C=CCON1C[C@H](C(C)(C)C)C(=C=O)[C@]1(C=CC(O)Cl)O[SiH](C)C. The summed E-state index contributed by atoms with van der Waals surface area (Å²) >= 11 is 5.67. The molecule has 24 heavy (non-hydrogen) atoms. The fourth-order valence-electron chi connectivity index (χ4n) is 2.82. The van der Waals surface area contributed by atoms with Gasteiger partial charge in [-0.3, -0.25) is 4.84 Å². The van der Waals surface area contributed by atoms with Crippen molar-refractivity contribution in [2.45, 2.75) is 45.2 Å². The summed E-state index contributed by atoms with van der Waals surface area (Å²) in [6, 6.07) is 0. The number of aliphatic hydroxyl groups is 1. The van der Waals surface area contributed by atoms with E-state index < -0.39 is 20.3 Å². The number of alkyl halides is 1. The summed E-state index contributed by atoms with van der Waals surface area (Å²) in [6.45, 7) is 14.6. The zero-order chi connectivity index (χ0) is 18.5. The van der Waals surface area contributed by atoms with Crippen LogP contribution in [0.1, 0.15) is 20.8 Å². The number of hydrogen-bond donors (Lipinski definition) is 1. The zero-order valence-electron chi connectivity index (χ0n) is 15.1. The van der Waals surface area contributed by atoms with E-state index in [2.05, 4.69) is 33.3 Å². The van der Waals surface area contributed by atoms with Crippen LogP contribution in [0.4, 0.5) is 0 Å². The van der Waals surface area contributed by atoms with E-state index in [4.69, 9.17) is 20.9 Å². The van der Waals surface area contributed by atoms with Crippen molar-refractivity contribution in [2.75, 3.05) is 13.2 Å². The van der Waals surface area contributed by atoms with Gasteiger partial charge in [-0.25, -0.2) is 4.79 Å². The molecule has 5 nitrogen and oxygen atoms in total. The van der Waals surface area contributed by atoms with Crippen molar-refractivity contribution >= 4 is 26.6 Å². The molecule has 0 aromatic carbocycles. The molecule has 1 aliphatic heterocycles. The number of carbonyl (C=O) groups excluding carboxylic acids is 1. The molecule has 0 spiro atoms. The van der Waals surface area contributed by atoms with Gasteiger partial charge in [0.05, 0.1) is 12.2 Å². The van der Waals surface area contributed by atoms with Gasteiger partial charge in [0, 0.05) is 12.5 Å². The first kappa shape index (κ1) is 21.3. The fourth-order valence-corrected chi connectivity index (χ4v) is 3.94. The lowest BCUT2D eigenvalue weighted by Crippen LogP contribution is -2.48. The first-order chi connectivity index (χ1) is 11.1. The summed E-state index contributed by atoms with van der Waals surface area (Å²) < 4.78 is 6.24. The number of nitrogens with zero attached hydrogens (tertiary/aromatic N) is 1. The Morgan fingerprint density at radius 2 is 2.21 bits per heavy atom. The molecule has 0 radical (unpaired) electrons. The second-order valence-electron chi connectivity index (χ2n) is 7.17. The van der Waals surface area contributed by atoms with Crippen LogP contribution in [0.25, 0.3) is 0 Å². The van der Waals surface area contributed by atoms with E-state index in [0.717, 1.165) is 0 Å². The molecule has 1 saturated heterocycles. The van der Waals surface area contributed by atoms with Crippen LogP contribution in [0.2, 0.25) is 13.1 Å². The highest BCUT2D eigenvalue weighted by molar-refractivity contribution is 6.48. The highest BCUT2D eigenvalue weighted by Crippen LogP contribution is 2.47. The minimum absolute atomic E-state index is 0.107. The smallest absolute Gasteiger partial charge is 0.186 e. The topological polar surface area (TPSA) is 59.0 Å². The van der Waals surface area contributed by atoms with E-state index in [0.29, 0.717) is 12.1 Å². The van der Waals surface area contributed by atoms with Crippen LogP contribution in [-0.4, -0.2) is 49.6 Å². The third-order valence-electron chi connectivity index (χ3n) is 3.85. The maximum Gasteiger partial charge on any atom is 0.186 e. The van der Waals surface area contributed by atoms with Gasteiger partial charge >= 0.3 is 0 Å². The van der Waals surface area contributed by atoms with Gasteiger partial charge in [-0.2, -0.15) is 0 Å². The molecule has 1 fully saturated rings. The van der Waals surface area contributed by atoms with Crippen molar-refractivity contribution in [1.82, 2.24) is 5.06 Å². The Labute approximate surface area is 151 Å². The van der Waals surface area contributed by atoms with Crippen molar-refractivity contribution in [3.05, 3.63) is 30.4 Å². The lowest BCUT2D eigenvalue weighted by Gasteiger charge is -2.36. The fraction of sp³-hybridized carbons (Fsp3) is 0.647. The lowest BCUT2D eigenvalue weighted by molar-refractivity contribution is -0.229. The third-order valence-corrected chi connectivity index (χ3v) is 4.83. The number of hydroxylamine groups is 2. The van der Waals surface area contributed by atoms with Gasteiger partial charge in [0.1, 0.15) is 11.5 Å². The Kier molecular flexibility index (Phi) is 7.63. The Bertz CT molecular complexity index is 523. The number of halogens is 1. The van der Waals surface area contributed by atoms with Gasteiger partial charge in [0.2, 0.25) is 0 Å². The summed E-state index contributed by atoms with van der Waals surface area (Å²) in [6.07, 6.45) is 4.63. The van der Waals surface area contributed by atoms with E-state index in [1.165, 1.54) is 6.08 Å². The second kappa shape index (κ2) is 8.58. The first-order valence-corrected chi connectivity index (χ1v) is 11.3. The minimum atomic E-state index is -1.58. The average molecular weight is 374 g/mol. The highest BCUT2D eigenvalue weighted by atomic mass is 35.5. The van der Waals surface area contributed by atoms with Crippen LogP contribution in [0, 0.1) is 11.3 Å². The molecule has 7 heteroatoms. The van der Waals surface area contributed by atoms with Crippen molar-refractivity contribution in [3.8, 4) is 0 Å². The Morgan fingerprint density at radius 1 is 1.58 bits per heavy atom. The van der Waals surface area contributed by atoms with Crippen LogP contribution in [0.5, 0.6) is 0 Å². The molecule has 1 N–H and O–H groups in total. The minimum Gasteiger partial charge on any atom is -0.394 e. The molecule has 1 heterocycles. The molecular weight excluding hydrogens is 346 g/mol. The summed E-state index contributed by atoms with van der Waals surface area (Å²) in [5.41, 5.74) is -2.09.